The van der Waals surface area contributed by atoms with Gasteiger partial charge in [-0.05, 0) is 42.0 Å². The number of methoxy groups -OCH3 is 1. The third kappa shape index (κ3) is 7.97. The second-order valence-corrected chi connectivity index (χ2v) is 7.96. The van der Waals surface area contributed by atoms with E-state index in [9.17, 15) is 14.4 Å². The Morgan fingerprint density at radius 3 is 2.29 bits per heavy atom. The molecule has 3 aromatic carbocycles. The van der Waals surface area contributed by atoms with E-state index in [1.165, 1.54) is 0 Å². The molecule has 0 saturated heterocycles. The van der Waals surface area contributed by atoms with Gasteiger partial charge < -0.3 is 25.6 Å². The molecule has 3 aromatic rings. The number of anilines is 2. The lowest BCUT2D eigenvalue weighted by Gasteiger charge is -2.18. The fourth-order valence-corrected chi connectivity index (χ4v) is 3.41. The number of amides is 3. The molecule has 3 N–H and O–H groups in total. The molecule has 0 aliphatic heterocycles. The first-order valence-electron chi connectivity index (χ1n) is 11.3. The number of ether oxygens (including phenoxy) is 1. The summed E-state index contributed by atoms with van der Waals surface area (Å²) in [4.78, 5) is 39.1. The fraction of sp³-hybridized carbons (Fsp3) is 0.222. The standard InChI is InChI=1S/C27H30N4O4/c1-31(19-20-8-4-3-5-9-20)27(34)22-11-7-13-24(17-22)30-25(32)18-29-23-12-6-10-21(16-23)26(33)28-14-15-35-2/h3-13,16-17,29H,14-15,18-19H2,1-2H3,(H,28,33)(H,30,32). The van der Waals surface area contributed by atoms with Gasteiger partial charge in [-0.25, -0.2) is 0 Å². The Labute approximate surface area is 205 Å². The van der Waals surface area contributed by atoms with Gasteiger partial charge in [0, 0.05) is 49.7 Å². The molecule has 0 spiro atoms. The first-order chi connectivity index (χ1) is 17.0. The number of benzene rings is 3. The van der Waals surface area contributed by atoms with Crippen LogP contribution >= 0.6 is 0 Å². The predicted octanol–water partition coefficient (Wildman–Crippen LogP) is 3.39. The van der Waals surface area contributed by atoms with E-state index in [1.807, 2.05) is 30.3 Å². The summed E-state index contributed by atoms with van der Waals surface area (Å²) in [5.74, 6) is -0.625. The molecule has 8 heteroatoms. The third-order valence-electron chi connectivity index (χ3n) is 5.17. The average molecular weight is 475 g/mol. The molecular formula is C27H30N4O4. The minimum absolute atomic E-state index is 0.000824. The molecule has 3 amide bonds. The summed E-state index contributed by atoms with van der Waals surface area (Å²) >= 11 is 0. The Bertz CT molecular complexity index is 1150. The van der Waals surface area contributed by atoms with Crippen molar-refractivity contribution in [3.8, 4) is 0 Å². The largest absolute Gasteiger partial charge is 0.383 e. The molecule has 0 bridgehead atoms. The van der Waals surface area contributed by atoms with Gasteiger partial charge in [0.05, 0.1) is 13.2 Å². The molecule has 0 radical (unpaired) electrons. The maximum Gasteiger partial charge on any atom is 0.253 e. The van der Waals surface area contributed by atoms with Crippen LogP contribution in [0.15, 0.2) is 78.9 Å². The monoisotopic (exact) mass is 474 g/mol. The quantitative estimate of drug-likeness (QED) is 0.370. The van der Waals surface area contributed by atoms with Crippen molar-refractivity contribution < 1.29 is 19.1 Å². The van der Waals surface area contributed by atoms with Gasteiger partial charge in [0.2, 0.25) is 5.91 Å². The lowest BCUT2D eigenvalue weighted by atomic mass is 10.1. The summed E-state index contributed by atoms with van der Waals surface area (Å²) < 4.78 is 4.93. The third-order valence-corrected chi connectivity index (χ3v) is 5.17. The molecular weight excluding hydrogens is 444 g/mol. The van der Waals surface area contributed by atoms with Gasteiger partial charge in [-0.2, -0.15) is 0 Å². The Morgan fingerprint density at radius 2 is 1.54 bits per heavy atom. The minimum atomic E-state index is -0.276. The first kappa shape index (κ1) is 25.5. The van der Waals surface area contributed by atoms with Crippen LogP contribution < -0.4 is 16.0 Å². The lowest BCUT2D eigenvalue weighted by molar-refractivity contribution is -0.114. The van der Waals surface area contributed by atoms with E-state index in [-0.39, 0.29) is 24.3 Å². The summed E-state index contributed by atoms with van der Waals surface area (Å²) in [5.41, 5.74) is 3.18. The van der Waals surface area contributed by atoms with Crippen molar-refractivity contribution in [2.75, 3.05) is 44.5 Å². The van der Waals surface area contributed by atoms with Gasteiger partial charge in [0.25, 0.3) is 11.8 Å². The van der Waals surface area contributed by atoms with Crippen LogP contribution in [0.3, 0.4) is 0 Å². The number of carbonyl (C=O) groups is 3. The molecule has 0 saturated carbocycles. The molecule has 0 atom stereocenters. The Hall–Kier alpha value is -4.17. The van der Waals surface area contributed by atoms with Crippen molar-refractivity contribution in [2.45, 2.75) is 6.54 Å². The molecule has 182 valence electrons. The van der Waals surface area contributed by atoms with Crippen molar-refractivity contribution in [1.29, 1.82) is 0 Å². The summed E-state index contributed by atoms with van der Waals surface area (Å²) in [5, 5.41) is 8.58. The number of hydrogen-bond acceptors (Lipinski definition) is 5. The zero-order chi connectivity index (χ0) is 25.0. The van der Waals surface area contributed by atoms with Crippen molar-refractivity contribution in [3.05, 3.63) is 95.6 Å². The highest BCUT2D eigenvalue weighted by atomic mass is 16.5. The van der Waals surface area contributed by atoms with Crippen molar-refractivity contribution in [3.63, 3.8) is 0 Å². The average Bonchev–Trinajstić information content (AvgIpc) is 2.88. The highest BCUT2D eigenvalue weighted by molar-refractivity contribution is 5.98. The van der Waals surface area contributed by atoms with Gasteiger partial charge in [0.1, 0.15) is 0 Å². The normalized spacial score (nSPS) is 10.3. The van der Waals surface area contributed by atoms with Gasteiger partial charge in [-0.3, -0.25) is 14.4 Å². The van der Waals surface area contributed by atoms with Gasteiger partial charge in [-0.1, -0.05) is 42.5 Å². The van der Waals surface area contributed by atoms with Crippen molar-refractivity contribution in [1.82, 2.24) is 10.2 Å². The van der Waals surface area contributed by atoms with Gasteiger partial charge in [-0.15, -0.1) is 0 Å². The Kier molecular flexibility index (Phi) is 9.39. The maximum absolute atomic E-state index is 12.8. The van der Waals surface area contributed by atoms with E-state index in [0.717, 1.165) is 5.56 Å². The number of rotatable bonds is 11. The molecule has 35 heavy (non-hydrogen) atoms. The molecule has 0 aliphatic carbocycles. The molecule has 0 aromatic heterocycles. The van der Waals surface area contributed by atoms with Crippen molar-refractivity contribution >= 4 is 29.1 Å². The highest BCUT2D eigenvalue weighted by Crippen LogP contribution is 2.15. The highest BCUT2D eigenvalue weighted by Gasteiger charge is 2.13. The van der Waals surface area contributed by atoms with E-state index in [0.29, 0.717) is 42.2 Å². The zero-order valence-electron chi connectivity index (χ0n) is 19.9. The van der Waals surface area contributed by atoms with E-state index in [4.69, 9.17) is 4.74 Å². The summed E-state index contributed by atoms with van der Waals surface area (Å²) in [6.07, 6.45) is 0. The smallest absolute Gasteiger partial charge is 0.253 e. The van der Waals surface area contributed by atoms with Crippen LogP contribution in [0.4, 0.5) is 11.4 Å². The van der Waals surface area contributed by atoms with Crippen molar-refractivity contribution in [2.24, 2.45) is 0 Å². The summed E-state index contributed by atoms with van der Waals surface area (Å²) in [6, 6.07) is 23.5. The van der Waals surface area contributed by atoms with Crippen LogP contribution in [0, 0.1) is 0 Å². The molecule has 3 rings (SSSR count). The van der Waals surface area contributed by atoms with E-state index in [1.54, 1.807) is 67.6 Å². The molecule has 0 fully saturated rings. The van der Waals surface area contributed by atoms with E-state index in [2.05, 4.69) is 16.0 Å². The number of nitrogens with zero attached hydrogens (tertiary/aromatic N) is 1. The molecule has 0 aliphatic rings. The molecule has 8 nitrogen and oxygen atoms in total. The topological polar surface area (TPSA) is 99.8 Å². The Balaban J connectivity index is 1.53. The van der Waals surface area contributed by atoms with E-state index < -0.39 is 0 Å². The predicted molar refractivity (Wildman–Crippen MR) is 136 cm³/mol. The molecule has 0 unspecified atom stereocenters. The zero-order valence-corrected chi connectivity index (χ0v) is 19.9. The maximum atomic E-state index is 12.8. The van der Waals surface area contributed by atoms with Crippen LogP contribution in [0.1, 0.15) is 26.3 Å². The second kappa shape index (κ2) is 12.9. The Morgan fingerprint density at radius 1 is 0.857 bits per heavy atom. The lowest BCUT2D eigenvalue weighted by Crippen LogP contribution is -2.27. The number of carbonyl (C=O) groups excluding carboxylic acids is 3. The fourth-order valence-electron chi connectivity index (χ4n) is 3.41. The van der Waals surface area contributed by atoms with Gasteiger partial charge in [0.15, 0.2) is 0 Å². The van der Waals surface area contributed by atoms with Crippen LogP contribution in [-0.4, -0.2) is 56.5 Å². The van der Waals surface area contributed by atoms with Gasteiger partial charge >= 0.3 is 0 Å². The van der Waals surface area contributed by atoms with Crippen LogP contribution in [0.2, 0.25) is 0 Å². The van der Waals surface area contributed by atoms with Crippen LogP contribution in [-0.2, 0) is 16.1 Å². The van der Waals surface area contributed by atoms with Crippen LogP contribution in [0.5, 0.6) is 0 Å². The number of hydrogen-bond donors (Lipinski definition) is 3. The first-order valence-corrected chi connectivity index (χ1v) is 11.3. The van der Waals surface area contributed by atoms with Crippen LogP contribution in [0.25, 0.3) is 0 Å². The summed E-state index contributed by atoms with van der Waals surface area (Å²) in [6.45, 7) is 1.34. The molecule has 0 heterocycles. The van der Waals surface area contributed by atoms with E-state index >= 15 is 0 Å². The SMILES string of the molecule is COCCNC(=O)c1cccc(NCC(=O)Nc2cccc(C(=O)N(C)Cc3ccccc3)c2)c1. The minimum Gasteiger partial charge on any atom is -0.383 e. The summed E-state index contributed by atoms with van der Waals surface area (Å²) in [7, 11) is 3.32. The second-order valence-electron chi connectivity index (χ2n) is 7.96. The number of nitrogens with one attached hydrogen (secondary N) is 3.